The molecule has 0 aromatic rings. The van der Waals surface area contributed by atoms with E-state index < -0.39 is 12.0 Å². The first-order valence-corrected chi connectivity index (χ1v) is 6.10. The van der Waals surface area contributed by atoms with Crippen LogP contribution in [0.5, 0.6) is 0 Å². The van der Waals surface area contributed by atoms with E-state index in [1.54, 1.807) is 0 Å². The van der Waals surface area contributed by atoms with Gasteiger partial charge in [-0.05, 0) is 18.8 Å². The minimum Gasteiger partial charge on any atom is -0.480 e. The highest BCUT2D eigenvalue weighted by Crippen LogP contribution is 2.08. The highest BCUT2D eigenvalue weighted by molar-refractivity contribution is 5.73. The third-order valence-corrected chi connectivity index (χ3v) is 2.56. The van der Waals surface area contributed by atoms with Crippen LogP contribution in [0, 0.1) is 5.92 Å². The number of hydrogen-bond acceptors (Lipinski definition) is 3. The van der Waals surface area contributed by atoms with Crippen LogP contribution < -0.4 is 5.32 Å². The van der Waals surface area contributed by atoms with Gasteiger partial charge in [-0.1, -0.05) is 33.6 Å². The summed E-state index contributed by atoms with van der Waals surface area (Å²) in [5.41, 5.74) is 0. The number of carbonyl (C=O) groups is 1. The molecule has 0 amide bonds. The molecule has 0 radical (unpaired) electrons. The molecule has 0 saturated carbocycles. The second kappa shape index (κ2) is 8.53. The molecule has 0 aromatic carbocycles. The summed E-state index contributed by atoms with van der Waals surface area (Å²) in [6.45, 7) is 6.16. The summed E-state index contributed by atoms with van der Waals surface area (Å²) in [5.74, 6) is -0.374. The first-order valence-electron chi connectivity index (χ1n) is 6.10. The minimum absolute atomic E-state index is 0.00587. The van der Waals surface area contributed by atoms with Crippen molar-refractivity contribution >= 4 is 5.97 Å². The van der Waals surface area contributed by atoms with Crippen molar-refractivity contribution in [3.63, 3.8) is 0 Å². The maximum absolute atomic E-state index is 11.0. The molecule has 0 saturated heterocycles. The number of carboxylic acid groups (broad SMARTS) is 1. The smallest absolute Gasteiger partial charge is 0.320 e. The maximum atomic E-state index is 11.0. The fraction of sp³-hybridized carbons (Fsp3) is 0.917. The number of hydrogen-bond donors (Lipinski definition) is 3. The number of carboxylic acids is 1. The molecule has 16 heavy (non-hydrogen) atoms. The monoisotopic (exact) mass is 231 g/mol. The number of rotatable bonds is 9. The highest BCUT2D eigenvalue weighted by atomic mass is 16.4. The molecule has 0 bridgehead atoms. The summed E-state index contributed by atoms with van der Waals surface area (Å²) in [7, 11) is 0. The van der Waals surface area contributed by atoms with Crippen LogP contribution in [0.25, 0.3) is 0 Å². The van der Waals surface area contributed by atoms with E-state index in [0.717, 1.165) is 19.3 Å². The molecule has 0 spiro atoms. The summed E-state index contributed by atoms with van der Waals surface area (Å²) >= 11 is 0. The molecule has 96 valence electrons. The van der Waals surface area contributed by atoms with Crippen molar-refractivity contribution in [3.8, 4) is 0 Å². The molecule has 0 aliphatic carbocycles. The fourth-order valence-corrected chi connectivity index (χ4v) is 1.74. The first kappa shape index (κ1) is 15.4. The van der Waals surface area contributed by atoms with Gasteiger partial charge < -0.3 is 10.2 Å². The van der Waals surface area contributed by atoms with Crippen LogP contribution in [0.2, 0.25) is 0 Å². The zero-order valence-corrected chi connectivity index (χ0v) is 10.6. The van der Waals surface area contributed by atoms with E-state index in [-0.39, 0.29) is 12.6 Å². The lowest BCUT2D eigenvalue weighted by Crippen LogP contribution is -2.45. The molecule has 0 aromatic heterocycles. The van der Waals surface area contributed by atoms with Gasteiger partial charge in [0.15, 0.2) is 0 Å². The molecule has 0 rings (SSSR count). The zero-order chi connectivity index (χ0) is 12.6. The Morgan fingerprint density at radius 3 is 2.38 bits per heavy atom. The molecule has 4 nitrogen and oxygen atoms in total. The van der Waals surface area contributed by atoms with E-state index in [0.29, 0.717) is 12.3 Å². The number of nitrogens with one attached hydrogen (secondary N) is 1. The van der Waals surface area contributed by atoms with Gasteiger partial charge in [0.05, 0.1) is 6.61 Å². The van der Waals surface area contributed by atoms with Crippen LogP contribution in [0.15, 0.2) is 0 Å². The molecular formula is C12H25NO3. The molecule has 3 N–H and O–H groups in total. The Morgan fingerprint density at radius 2 is 2.00 bits per heavy atom. The van der Waals surface area contributed by atoms with E-state index in [9.17, 15) is 9.90 Å². The normalized spacial score (nSPS) is 15.1. The van der Waals surface area contributed by atoms with Crippen LogP contribution in [-0.4, -0.2) is 34.9 Å². The van der Waals surface area contributed by atoms with E-state index in [4.69, 9.17) is 5.11 Å². The minimum atomic E-state index is -0.823. The lowest BCUT2D eigenvalue weighted by molar-refractivity contribution is -0.140. The van der Waals surface area contributed by atoms with Gasteiger partial charge in [-0.3, -0.25) is 10.1 Å². The van der Waals surface area contributed by atoms with Crippen molar-refractivity contribution < 1.29 is 15.0 Å². The van der Waals surface area contributed by atoms with E-state index >= 15 is 0 Å². The quantitative estimate of drug-likeness (QED) is 0.564. The fourth-order valence-electron chi connectivity index (χ4n) is 1.74. The van der Waals surface area contributed by atoms with Gasteiger partial charge in [-0.15, -0.1) is 0 Å². The van der Waals surface area contributed by atoms with Crippen molar-refractivity contribution in [2.24, 2.45) is 5.92 Å². The third kappa shape index (κ3) is 6.80. The number of aliphatic hydroxyl groups is 1. The SMILES string of the molecule is CCCCC(NC(CO)CC(C)C)C(=O)O. The molecule has 0 fully saturated rings. The van der Waals surface area contributed by atoms with Crippen LogP contribution in [0.4, 0.5) is 0 Å². The summed E-state index contributed by atoms with van der Waals surface area (Å²) in [4.78, 5) is 11.0. The van der Waals surface area contributed by atoms with Gasteiger partial charge in [0.1, 0.15) is 6.04 Å². The zero-order valence-electron chi connectivity index (χ0n) is 10.6. The number of unbranched alkanes of at least 4 members (excludes halogenated alkanes) is 1. The van der Waals surface area contributed by atoms with Crippen LogP contribution in [0.3, 0.4) is 0 Å². The summed E-state index contributed by atoms with van der Waals surface area (Å²) < 4.78 is 0. The van der Waals surface area contributed by atoms with Crippen molar-refractivity contribution in [1.29, 1.82) is 0 Å². The maximum Gasteiger partial charge on any atom is 0.320 e. The molecule has 2 atom stereocenters. The van der Waals surface area contributed by atoms with Crippen molar-refractivity contribution in [3.05, 3.63) is 0 Å². The third-order valence-electron chi connectivity index (χ3n) is 2.56. The van der Waals surface area contributed by atoms with E-state index in [2.05, 4.69) is 19.2 Å². The average molecular weight is 231 g/mol. The van der Waals surface area contributed by atoms with E-state index in [1.165, 1.54) is 0 Å². The van der Waals surface area contributed by atoms with Gasteiger partial charge in [0.2, 0.25) is 0 Å². The molecular weight excluding hydrogens is 206 g/mol. The molecule has 0 aliphatic heterocycles. The predicted molar refractivity (Wildman–Crippen MR) is 64.4 cm³/mol. The standard InChI is InChI=1S/C12H25NO3/c1-4-5-6-11(12(15)16)13-10(8-14)7-9(2)3/h9-11,13-14H,4-8H2,1-3H3,(H,15,16). The van der Waals surface area contributed by atoms with Crippen molar-refractivity contribution in [1.82, 2.24) is 5.32 Å². The Kier molecular flexibility index (Phi) is 8.21. The van der Waals surface area contributed by atoms with Gasteiger partial charge in [-0.2, -0.15) is 0 Å². The second-order valence-electron chi connectivity index (χ2n) is 4.71. The largest absolute Gasteiger partial charge is 0.480 e. The summed E-state index contributed by atoms with van der Waals surface area (Å²) in [5, 5.41) is 21.2. The van der Waals surface area contributed by atoms with Crippen molar-refractivity contribution in [2.45, 2.75) is 58.5 Å². The summed E-state index contributed by atoms with van der Waals surface area (Å²) in [6, 6.07) is -0.645. The lowest BCUT2D eigenvalue weighted by Gasteiger charge is -2.23. The highest BCUT2D eigenvalue weighted by Gasteiger charge is 2.20. The number of aliphatic carboxylic acids is 1. The van der Waals surface area contributed by atoms with Crippen LogP contribution >= 0.6 is 0 Å². The van der Waals surface area contributed by atoms with Gasteiger partial charge >= 0.3 is 5.97 Å². The van der Waals surface area contributed by atoms with Crippen molar-refractivity contribution in [2.75, 3.05) is 6.61 Å². The average Bonchev–Trinajstić information content (AvgIpc) is 2.21. The predicted octanol–water partition coefficient (Wildman–Crippen LogP) is 1.63. The Balaban J connectivity index is 4.17. The van der Waals surface area contributed by atoms with Gasteiger partial charge in [0.25, 0.3) is 0 Å². The Morgan fingerprint density at radius 1 is 1.38 bits per heavy atom. The van der Waals surface area contributed by atoms with Gasteiger partial charge in [0, 0.05) is 6.04 Å². The molecule has 2 unspecified atom stereocenters. The Hall–Kier alpha value is -0.610. The Labute approximate surface area is 98.1 Å². The van der Waals surface area contributed by atoms with Gasteiger partial charge in [-0.25, -0.2) is 0 Å². The second-order valence-corrected chi connectivity index (χ2v) is 4.71. The van der Waals surface area contributed by atoms with E-state index in [1.807, 2.05) is 6.92 Å². The summed E-state index contributed by atoms with van der Waals surface area (Å²) in [6.07, 6.45) is 3.30. The number of aliphatic hydroxyl groups excluding tert-OH is 1. The Bertz CT molecular complexity index is 195. The first-order chi connectivity index (χ1) is 7.51. The topological polar surface area (TPSA) is 69.6 Å². The van der Waals surface area contributed by atoms with Crippen LogP contribution in [0.1, 0.15) is 46.5 Å². The molecule has 4 heteroatoms. The molecule has 0 heterocycles. The van der Waals surface area contributed by atoms with Crippen LogP contribution in [-0.2, 0) is 4.79 Å². The lowest BCUT2D eigenvalue weighted by atomic mass is 10.0. The molecule has 0 aliphatic rings.